The largest absolute Gasteiger partial charge is 0.371 e. The van der Waals surface area contributed by atoms with Crippen LogP contribution in [0.15, 0.2) is 23.9 Å². The molecule has 0 atom stereocenters. The van der Waals surface area contributed by atoms with Crippen LogP contribution >= 0.6 is 11.3 Å². The summed E-state index contributed by atoms with van der Waals surface area (Å²) in [5.41, 5.74) is 2.68. The van der Waals surface area contributed by atoms with Gasteiger partial charge < -0.3 is 15.1 Å². The predicted molar refractivity (Wildman–Crippen MR) is 106 cm³/mol. The van der Waals surface area contributed by atoms with E-state index in [4.69, 9.17) is 4.98 Å². The fourth-order valence-corrected chi connectivity index (χ4v) is 5.15. The number of carbonyl (C=O) groups excluding carboxylic acids is 1. The van der Waals surface area contributed by atoms with Gasteiger partial charge in [0.05, 0.1) is 10.7 Å². The number of allylic oxidation sites excluding steroid dienone is 3. The van der Waals surface area contributed by atoms with Crippen LogP contribution in [0.5, 0.6) is 0 Å². The molecule has 26 heavy (non-hydrogen) atoms. The maximum absolute atomic E-state index is 12.2. The third-order valence-electron chi connectivity index (χ3n) is 5.46. The Morgan fingerprint density at radius 1 is 1.23 bits per heavy atom. The van der Waals surface area contributed by atoms with E-state index in [9.17, 15) is 4.79 Å². The van der Waals surface area contributed by atoms with Crippen LogP contribution in [-0.2, 0) is 12.8 Å². The minimum absolute atomic E-state index is 0.0767. The van der Waals surface area contributed by atoms with E-state index in [0.717, 1.165) is 51.9 Å². The summed E-state index contributed by atoms with van der Waals surface area (Å²) in [5, 5.41) is 4.30. The number of hydrogen-bond donors (Lipinski definition) is 1. The number of fused-ring (bicyclic) bond motifs is 1. The van der Waals surface area contributed by atoms with E-state index in [-0.39, 0.29) is 12.1 Å². The molecule has 1 saturated heterocycles. The first-order valence-corrected chi connectivity index (χ1v) is 10.6. The molecule has 1 aromatic rings. The van der Waals surface area contributed by atoms with Gasteiger partial charge in [0, 0.05) is 61.6 Å². The first kappa shape index (κ1) is 17.6. The van der Waals surface area contributed by atoms with Crippen LogP contribution < -0.4 is 5.32 Å². The molecule has 1 N–H and O–H groups in total. The zero-order chi connectivity index (χ0) is 18.1. The molecule has 6 heteroatoms. The minimum Gasteiger partial charge on any atom is -0.371 e. The molecule has 1 aliphatic carbocycles. The van der Waals surface area contributed by atoms with Gasteiger partial charge in [0.15, 0.2) is 0 Å². The van der Waals surface area contributed by atoms with Crippen LogP contribution in [0, 0.1) is 0 Å². The van der Waals surface area contributed by atoms with Crippen LogP contribution in [0.3, 0.4) is 0 Å². The number of rotatable bonds is 3. The van der Waals surface area contributed by atoms with Crippen molar-refractivity contribution in [1.29, 1.82) is 0 Å². The van der Waals surface area contributed by atoms with Crippen molar-refractivity contribution < 1.29 is 4.79 Å². The van der Waals surface area contributed by atoms with Crippen LogP contribution in [0.4, 0.5) is 4.79 Å². The monoisotopic (exact) mass is 372 g/mol. The van der Waals surface area contributed by atoms with E-state index in [2.05, 4.69) is 28.4 Å². The zero-order valence-corrected chi connectivity index (χ0v) is 16.5. The van der Waals surface area contributed by atoms with Crippen molar-refractivity contribution in [1.82, 2.24) is 20.1 Å². The van der Waals surface area contributed by atoms with E-state index in [1.54, 1.807) is 0 Å². The first-order chi connectivity index (χ1) is 12.6. The molecule has 0 saturated carbocycles. The summed E-state index contributed by atoms with van der Waals surface area (Å²) in [4.78, 5) is 23.1. The second kappa shape index (κ2) is 7.43. The van der Waals surface area contributed by atoms with Gasteiger partial charge in [0.1, 0.15) is 0 Å². The highest BCUT2D eigenvalue weighted by molar-refractivity contribution is 7.11. The number of hydrogen-bond acceptors (Lipinski definition) is 4. The van der Waals surface area contributed by atoms with Gasteiger partial charge in [-0.15, -0.1) is 11.3 Å². The van der Waals surface area contributed by atoms with Crippen LogP contribution in [0.2, 0.25) is 0 Å². The lowest BCUT2D eigenvalue weighted by atomic mass is 9.98. The van der Waals surface area contributed by atoms with Gasteiger partial charge in [-0.3, -0.25) is 0 Å². The van der Waals surface area contributed by atoms with E-state index < -0.39 is 0 Å². The molecule has 3 aliphatic rings. The Kier molecular flexibility index (Phi) is 5.02. The molecule has 4 rings (SSSR count). The fourth-order valence-electron chi connectivity index (χ4n) is 3.88. The third kappa shape index (κ3) is 3.65. The van der Waals surface area contributed by atoms with Crippen molar-refractivity contribution in [3.63, 3.8) is 0 Å². The number of thiazole rings is 1. The Morgan fingerprint density at radius 2 is 1.96 bits per heavy atom. The normalized spacial score (nSPS) is 20.5. The summed E-state index contributed by atoms with van der Waals surface area (Å²) in [6, 6.07) is 0.272. The first-order valence-electron chi connectivity index (χ1n) is 9.77. The molecule has 2 aliphatic heterocycles. The highest BCUT2D eigenvalue weighted by atomic mass is 32.1. The van der Waals surface area contributed by atoms with Crippen molar-refractivity contribution in [2.45, 2.75) is 51.5 Å². The highest BCUT2D eigenvalue weighted by Crippen LogP contribution is 2.34. The Labute approximate surface area is 159 Å². The maximum atomic E-state index is 12.2. The quantitative estimate of drug-likeness (QED) is 0.886. The molecule has 5 nitrogen and oxygen atoms in total. The van der Waals surface area contributed by atoms with Gasteiger partial charge >= 0.3 is 6.03 Å². The van der Waals surface area contributed by atoms with Crippen molar-refractivity contribution in [2.24, 2.45) is 0 Å². The Balaban J connectivity index is 1.34. The standard InChI is InChI=1S/C20H28N4OS/c1-14(2)21-20(25)24-10-6-15(7-11-24)19-22-17-8-12-23(16-4-3-5-16)13-9-18(17)26-19/h3-5,14-15H,6-13H2,1-2H3,(H,21,25). The molecular weight excluding hydrogens is 344 g/mol. The summed E-state index contributed by atoms with van der Waals surface area (Å²) < 4.78 is 0. The fraction of sp³-hybridized carbons (Fsp3) is 0.600. The molecule has 0 radical (unpaired) electrons. The number of nitrogens with zero attached hydrogens (tertiary/aromatic N) is 3. The molecule has 140 valence electrons. The SMILES string of the molecule is CC(C)NC(=O)N1CCC(c2nc3c(s2)CCN(C2=CC=C2)CC3)CC1. The number of aromatic nitrogens is 1. The van der Waals surface area contributed by atoms with Gasteiger partial charge in [-0.1, -0.05) is 6.08 Å². The molecule has 0 bridgehead atoms. The van der Waals surface area contributed by atoms with Gasteiger partial charge in [-0.25, -0.2) is 9.78 Å². The van der Waals surface area contributed by atoms with Gasteiger partial charge in [-0.2, -0.15) is 0 Å². The average molecular weight is 373 g/mol. The Morgan fingerprint density at radius 3 is 2.62 bits per heavy atom. The molecule has 0 aromatic carbocycles. The number of nitrogens with one attached hydrogen (secondary N) is 1. The minimum atomic E-state index is 0.0767. The maximum Gasteiger partial charge on any atom is 0.317 e. The number of carbonyl (C=O) groups is 1. The van der Waals surface area contributed by atoms with E-state index >= 15 is 0 Å². The predicted octanol–water partition coefficient (Wildman–Crippen LogP) is 3.29. The summed E-state index contributed by atoms with van der Waals surface area (Å²) >= 11 is 1.92. The van der Waals surface area contributed by atoms with Gasteiger partial charge in [-0.05, 0) is 38.8 Å². The molecule has 2 amide bonds. The lowest BCUT2D eigenvalue weighted by Gasteiger charge is -2.31. The summed E-state index contributed by atoms with van der Waals surface area (Å²) in [7, 11) is 0. The van der Waals surface area contributed by atoms with Crippen molar-refractivity contribution in [3.05, 3.63) is 39.5 Å². The number of amides is 2. The summed E-state index contributed by atoms with van der Waals surface area (Å²) in [5.74, 6) is 0.517. The molecule has 1 fully saturated rings. The molecule has 0 unspecified atom stereocenters. The third-order valence-corrected chi connectivity index (χ3v) is 6.78. The highest BCUT2D eigenvalue weighted by Gasteiger charge is 2.28. The lowest BCUT2D eigenvalue weighted by molar-refractivity contribution is 0.179. The van der Waals surface area contributed by atoms with Crippen molar-refractivity contribution >= 4 is 17.4 Å². The average Bonchev–Trinajstić information content (AvgIpc) is 2.89. The van der Waals surface area contributed by atoms with Gasteiger partial charge in [0.2, 0.25) is 0 Å². The lowest BCUT2D eigenvalue weighted by Crippen LogP contribution is -2.46. The smallest absolute Gasteiger partial charge is 0.317 e. The molecule has 1 aromatic heterocycles. The summed E-state index contributed by atoms with van der Waals surface area (Å²) in [6.07, 6.45) is 10.7. The molecule has 0 spiro atoms. The molecule has 3 heterocycles. The van der Waals surface area contributed by atoms with Crippen LogP contribution in [0.1, 0.15) is 48.2 Å². The van der Waals surface area contributed by atoms with Gasteiger partial charge in [0.25, 0.3) is 0 Å². The summed E-state index contributed by atoms with van der Waals surface area (Å²) in [6.45, 7) is 7.85. The number of urea groups is 1. The number of likely N-dealkylation sites (tertiary alicyclic amines) is 1. The Hall–Kier alpha value is -1.82. The Bertz CT molecular complexity index is 703. The van der Waals surface area contributed by atoms with E-state index in [1.807, 2.05) is 30.1 Å². The molecular formula is C20H28N4OS. The van der Waals surface area contributed by atoms with Crippen molar-refractivity contribution in [2.75, 3.05) is 26.2 Å². The number of piperidine rings is 1. The zero-order valence-electron chi connectivity index (χ0n) is 15.7. The van der Waals surface area contributed by atoms with Crippen molar-refractivity contribution in [3.8, 4) is 0 Å². The second-order valence-corrected chi connectivity index (χ2v) is 8.84. The second-order valence-electron chi connectivity index (χ2n) is 7.73. The van der Waals surface area contributed by atoms with E-state index in [0.29, 0.717) is 5.92 Å². The van der Waals surface area contributed by atoms with Crippen LogP contribution in [-0.4, -0.2) is 53.0 Å². The van der Waals surface area contributed by atoms with E-state index in [1.165, 1.54) is 21.3 Å². The topological polar surface area (TPSA) is 48.5 Å². The van der Waals surface area contributed by atoms with Crippen LogP contribution in [0.25, 0.3) is 0 Å².